The van der Waals surface area contributed by atoms with E-state index in [9.17, 15) is 5.26 Å². The Morgan fingerprint density at radius 2 is 2.00 bits per heavy atom. The van der Waals surface area contributed by atoms with Gasteiger partial charge in [-0.25, -0.2) is 0 Å². The fourth-order valence-corrected chi connectivity index (χ4v) is 2.49. The number of fused-ring (bicyclic) bond motifs is 1. The smallest absolute Gasteiger partial charge is 0.161 e. The van der Waals surface area contributed by atoms with Crippen LogP contribution in [-0.4, -0.2) is 13.2 Å². The molecule has 0 amide bonds. The van der Waals surface area contributed by atoms with Gasteiger partial charge < -0.3 is 9.47 Å². The molecule has 0 aromatic heterocycles. The normalized spacial score (nSPS) is 30.2. The molecule has 2 atom stereocenters. The quantitative estimate of drug-likeness (QED) is 0.743. The molecule has 1 aromatic rings. The van der Waals surface area contributed by atoms with Crippen molar-refractivity contribution in [3.05, 3.63) is 23.8 Å². The predicted octanol–water partition coefficient (Wildman–Crippen LogP) is 2.65. The summed E-state index contributed by atoms with van der Waals surface area (Å²) in [5.41, 5.74) is 0.779. The van der Waals surface area contributed by atoms with Crippen LogP contribution in [0, 0.1) is 17.2 Å². The topological polar surface area (TPSA) is 42.2 Å². The molecule has 3 nitrogen and oxygen atoms in total. The zero-order valence-corrected chi connectivity index (χ0v) is 9.90. The summed E-state index contributed by atoms with van der Waals surface area (Å²) >= 11 is 0. The van der Waals surface area contributed by atoms with Crippen LogP contribution in [0.1, 0.15) is 25.3 Å². The van der Waals surface area contributed by atoms with Crippen LogP contribution in [0.4, 0.5) is 0 Å². The minimum absolute atomic E-state index is 0.287. The van der Waals surface area contributed by atoms with E-state index in [4.69, 9.17) is 9.47 Å². The zero-order chi connectivity index (χ0) is 11.9. The van der Waals surface area contributed by atoms with E-state index < -0.39 is 0 Å². The van der Waals surface area contributed by atoms with Gasteiger partial charge in [0.25, 0.3) is 0 Å². The Balaban J connectivity index is 1.99. The Morgan fingerprint density at radius 1 is 1.29 bits per heavy atom. The van der Waals surface area contributed by atoms with Crippen LogP contribution in [0.25, 0.3) is 0 Å². The standard InChI is InChI=1S/C14H15NO2/c1-10-8-14(10,9-15)11-3-4-12-13(7-11)17-6-2-5-16-12/h3-4,7,10H,2,5-6,8H2,1H3. The molecule has 1 heterocycles. The second-order valence-electron chi connectivity index (χ2n) is 4.90. The second-order valence-corrected chi connectivity index (χ2v) is 4.90. The predicted molar refractivity (Wildman–Crippen MR) is 63.1 cm³/mol. The van der Waals surface area contributed by atoms with E-state index in [0.717, 1.165) is 29.9 Å². The average Bonchev–Trinajstić information content (AvgIpc) is 3.06. The molecule has 1 aliphatic carbocycles. The molecule has 0 radical (unpaired) electrons. The minimum Gasteiger partial charge on any atom is -0.490 e. The molecule has 1 aromatic carbocycles. The summed E-state index contributed by atoms with van der Waals surface area (Å²) in [4.78, 5) is 0. The highest BCUT2D eigenvalue weighted by atomic mass is 16.5. The van der Waals surface area contributed by atoms with Gasteiger partial charge >= 0.3 is 0 Å². The molecular weight excluding hydrogens is 214 g/mol. The number of ether oxygens (including phenoxy) is 2. The Kier molecular flexibility index (Phi) is 2.25. The van der Waals surface area contributed by atoms with E-state index in [1.165, 1.54) is 0 Å². The first-order valence-electron chi connectivity index (χ1n) is 6.08. The first-order chi connectivity index (χ1) is 8.26. The highest BCUT2D eigenvalue weighted by molar-refractivity contribution is 5.50. The molecule has 17 heavy (non-hydrogen) atoms. The van der Waals surface area contributed by atoms with Gasteiger partial charge in [-0.3, -0.25) is 0 Å². The van der Waals surface area contributed by atoms with Gasteiger partial charge in [-0.05, 0) is 30.0 Å². The lowest BCUT2D eigenvalue weighted by atomic mass is 9.95. The summed E-state index contributed by atoms with van der Waals surface area (Å²) in [6.07, 6.45) is 1.85. The molecule has 0 spiro atoms. The molecule has 1 saturated carbocycles. The summed E-state index contributed by atoms with van der Waals surface area (Å²) in [5.74, 6) is 2.03. The van der Waals surface area contributed by atoms with Crippen molar-refractivity contribution in [2.24, 2.45) is 5.92 Å². The van der Waals surface area contributed by atoms with Crippen LogP contribution in [-0.2, 0) is 5.41 Å². The van der Waals surface area contributed by atoms with Crippen molar-refractivity contribution in [1.82, 2.24) is 0 Å². The molecule has 0 bridgehead atoms. The summed E-state index contributed by atoms with van der Waals surface area (Å²) < 4.78 is 11.2. The molecule has 1 aliphatic heterocycles. The molecule has 88 valence electrons. The van der Waals surface area contributed by atoms with E-state index in [0.29, 0.717) is 19.1 Å². The van der Waals surface area contributed by atoms with Crippen molar-refractivity contribution >= 4 is 0 Å². The first kappa shape index (κ1) is 10.5. The summed E-state index contributed by atoms with van der Waals surface area (Å²) in [6, 6.07) is 8.35. The molecule has 3 heteroatoms. The van der Waals surface area contributed by atoms with Crippen LogP contribution in [0.15, 0.2) is 18.2 Å². The number of hydrogen-bond acceptors (Lipinski definition) is 3. The average molecular weight is 229 g/mol. The number of nitriles is 1. The third-order valence-electron chi connectivity index (χ3n) is 3.77. The van der Waals surface area contributed by atoms with Crippen molar-refractivity contribution in [2.75, 3.05) is 13.2 Å². The van der Waals surface area contributed by atoms with Gasteiger partial charge in [0.15, 0.2) is 11.5 Å². The van der Waals surface area contributed by atoms with E-state index >= 15 is 0 Å². The zero-order valence-electron chi connectivity index (χ0n) is 9.90. The molecule has 2 unspecified atom stereocenters. The molecule has 1 fully saturated rings. The maximum atomic E-state index is 9.32. The van der Waals surface area contributed by atoms with Crippen molar-refractivity contribution in [3.63, 3.8) is 0 Å². The largest absolute Gasteiger partial charge is 0.490 e. The van der Waals surface area contributed by atoms with Crippen LogP contribution >= 0.6 is 0 Å². The first-order valence-corrected chi connectivity index (χ1v) is 6.08. The molecule has 2 aliphatic rings. The maximum Gasteiger partial charge on any atom is 0.161 e. The molecule has 0 saturated heterocycles. The number of benzene rings is 1. The summed E-state index contributed by atoms with van der Waals surface area (Å²) in [6.45, 7) is 3.50. The highest BCUT2D eigenvalue weighted by Gasteiger charge is 2.53. The van der Waals surface area contributed by atoms with Crippen LogP contribution in [0.5, 0.6) is 11.5 Å². The second kappa shape index (κ2) is 3.66. The third kappa shape index (κ3) is 1.56. The maximum absolute atomic E-state index is 9.32. The third-order valence-corrected chi connectivity index (χ3v) is 3.77. The van der Waals surface area contributed by atoms with Gasteiger partial charge in [0.2, 0.25) is 0 Å². The van der Waals surface area contributed by atoms with E-state index in [1.54, 1.807) is 0 Å². The van der Waals surface area contributed by atoms with E-state index in [2.05, 4.69) is 13.0 Å². The van der Waals surface area contributed by atoms with Gasteiger partial charge in [0, 0.05) is 6.42 Å². The van der Waals surface area contributed by atoms with Crippen LogP contribution < -0.4 is 9.47 Å². The van der Waals surface area contributed by atoms with Gasteiger partial charge in [-0.15, -0.1) is 0 Å². The summed E-state index contributed by atoms with van der Waals surface area (Å²) in [7, 11) is 0. The van der Waals surface area contributed by atoms with Gasteiger partial charge in [-0.2, -0.15) is 5.26 Å². The summed E-state index contributed by atoms with van der Waals surface area (Å²) in [5, 5.41) is 9.32. The van der Waals surface area contributed by atoms with Crippen molar-refractivity contribution in [1.29, 1.82) is 5.26 Å². The van der Waals surface area contributed by atoms with Crippen LogP contribution in [0.2, 0.25) is 0 Å². The monoisotopic (exact) mass is 229 g/mol. The Hall–Kier alpha value is -1.69. The fourth-order valence-electron chi connectivity index (χ4n) is 2.49. The molecule has 3 rings (SSSR count). The van der Waals surface area contributed by atoms with Gasteiger partial charge in [-0.1, -0.05) is 13.0 Å². The highest BCUT2D eigenvalue weighted by Crippen LogP contribution is 2.54. The molecule has 0 N–H and O–H groups in total. The van der Waals surface area contributed by atoms with Crippen molar-refractivity contribution < 1.29 is 9.47 Å². The van der Waals surface area contributed by atoms with Crippen LogP contribution in [0.3, 0.4) is 0 Å². The van der Waals surface area contributed by atoms with Gasteiger partial charge in [0.05, 0.1) is 24.7 Å². The Labute approximate surface area is 101 Å². The van der Waals surface area contributed by atoms with E-state index in [-0.39, 0.29) is 5.41 Å². The minimum atomic E-state index is -0.287. The lowest BCUT2D eigenvalue weighted by Gasteiger charge is -2.12. The van der Waals surface area contributed by atoms with Gasteiger partial charge in [0.1, 0.15) is 0 Å². The number of rotatable bonds is 1. The fraction of sp³-hybridized carbons (Fsp3) is 0.500. The van der Waals surface area contributed by atoms with Crippen molar-refractivity contribution in [3.8, 4) is 17.6 Å². The Bertz CT molecular complexity index is 491. The number of nitrogens with zero attached hydrogens (tertiary/aromatic N) is 1. The van der Waals surface area contributed by atoms with Crippen molar-refractivity contribution in [2.45, 2.75) is 25.2 Å². The lowest BCUT2D eigenvalue weighted by molar-refractivity contribution is 0.297. The SMILES string of the molecule is CC1CC1(C#N)c1ccc2c(c1)OCCCO2. The van der Waals surface area contributed by atoms with E-state index in [1.807, 2.05) is 18.2 Å². The molecular formula is C14H15NO2. The Morgan fingerprint density at radius 3 is 2.65 bits per heavy atom. The number of hydrogen-bond donors (Lipinski definition) is 0. The lowest BCUT2D eigenvalue weighted by Crippen LogP contribution is -2.06.